The number of fused-ring (bicyclic) bond motifs is 2. The van der Waals surface area contributed by atoms with E-state index in [0.29, 0.717) is 11.8 Å². The van der Waals surface area contributed by atoms with Gasteiger partial charge in [0.25, 0.3) is 0 Å². The molecule has 4 nitrogen and oxygen atoms in total. The molecular weight excluding hydrogens is 274 g/mol. The van der Waals surface area contributed by atoms with Crippen LogP contribution in [0.5, 0.6) is 0 Å². The van der Waals surface area contributed by atoms with E-state index in [1.807, 2.05) is 30.3 Å². The van der Waals surface area contributed by atoms with E-state index in [1.165, 1.54) is 12.8 Å². The summed E-state index contributed by atoms with van der Waals surface area (Å²) in [6.45, 7) is 2.00. The summed E-state index contributed by atoms with van der Waals surface area (Å²) in [4.78, 5) is 0. The molecule has 0 saturated heterocycles. The van der Waals surface area contributed by atoms with Crippen molar-refractivity contribution in [2.24, 2.45) is 17.8 Å². The second-order valence-corrected chi connectivity index (χ2v) is 6.36. The Labute approximate surface area is 130 Å². The van der Waals surface area contributed by atoms with E-state index >= 15 is 0 Å². The molecule has 0 aliphatic heterocycles. The third-order valence-corrected chi connectivity index (χ3v) is 4.83. The molecule has 2 bridgehead atoms. The Kier molecular flexibility index (Phi) is 3.77. The lowest BCUT2D eigenvalue weighted by Gasteiger charge is -2.18. The maximum atomic E-state index is 5.72. The van der Waals surface area contributed by atoms with Gasteiger partial charge in [0.15, 0.2) is 0 Å². The van der Waals surface area contributed by atoms with E-state index in [1.54, 1.807) is 0 Å². The number of benzene rings is 1. The number of allylic oxidation sites excluding steroid dienone is 2. The first-order valence-corrected chi connectivity index (χ1v) is 8.15. The van der Waals surface area contributed by atoms with Crippen LogP contribution >= 0.6 is 0 Å². The Bertz CT molecular complexity index is 649. The summed E-state index contributed by atoms with van der Waals surface area (Å²) in [5.74, 6) is 3.79. The lowest BCUT2D eigenvalue weighted by Crippen LogP contribution is -2.27. The molecular formula is C18H21N3O. The zero-order chi connectivity index (χ0) is 14.8. The molecule has 1 fully saturated rings. The molecule has 4 heteroatoms. The Hall–Kier alpha value is -1.94. The van der Waals surface area contributed by atoms with Crippen LogP contribution in [0.1, 0.15) is 18.7 Å². The Morgan fingerprint density at radius 1 is 1.09 bits per heavy atom. The van der Waals surface area contributed by atoms with E-state index in [0.717, 1.165) is 42.8 Å². The molecule has 2 aliphatic carbocycles. The molecule has 0 unspecified atom stereocenters. The summed E-state index contributed by atoms with van der Waals surface area (Å²) in [5, 5.41) is 11.8. The second-order valence-electron chi connectivity index (χ2n) is 6.36. The number of nitrogens with zero attached hydrogens (tertiary/aromatic N) is 2. The highest BCUT2D eigenvalue weighted by molar-refractivity contribution is 5.51. The van der Waals surface area contributed by atoms with Crippen molar-refractivity contribution in [3.05, 3.63) is 48.4 Å². The molecule has 1 aromatic heterocycles. The molecule has 1 heterocycles. The van der Waals surface area contributed by atoms with Crippen molar-refractivity contribution < 1.29 is 4.42 Å². The molecule has 3 atom stereocenters. The highest BCUT2D eigenvalue weighted by atomic mass is 16.4. The first kappa shape index (κ1) is 13.7. The summed E-state index contributed by atoms with van der Waals surface area (Å²) in [6, 6.07) is 9.90. The molecule has 114 valence electrons. The summed E-state index contributed by atoms with van der Waals surface area (Å²) in [7, 11) is 0. The third kappa shape index (κ3) is 2.83. The highest BCUT2D eigenvalue weighted by Crippen LogP contribution is 2.42. The van der Waals surface area contributed by atoms with Gasteiger partial charge in [0, 0.05) is 18.5 Å². The van der Waals surface area contributed by atoms with Gasteiger partial charge in [0.1, 0.15) is 0 Å². The normalized spacial score (nSPS) is 25.9. The minimum atomic E-state index is 0.605. The lowest BCUT2D eigenvalue weighted by molar-refractivity contribution is 0.409. The maximum absolute atomic E-state index is 5.72. The third-order valence-electron chi connectivity index (χ3n) is 4.83. The fourth-order valence-corrected chi connectivity index (χ4v) is 3.66. The van der Waals surface area contributed by atoms with E-state index in [-0.39, 0.29) is 0 Å². The monoisotopic (exact) mass is 295 g/mol. The highest BCUT2D eigenvalue weighted by Gasteiger charge is 2.34. The van der Waals surface area contributed by atoms with Gasteiger partial charge in [-0.2, -0.15) is 0 Å². The van der Waals surface area contributed by atoms with Gasteiger partial charge < -0.3 is 9.73 Å². The van der Waals surface area contributed by atoms with Crippen LogP contribution in [-0.4, -0.2) is 23.3 Å². The van der Waals surface area contributed by atoms with Gasteiger partial charge in [-0.15, -0.1) is 10.2 Å². The minimum Gasteiger partial charge on any atom is -0.421 e. The smallest absolute Gasteiger partial charge is 0.247 e. The van der Waals surface area contributed by atoms with Crippen LogP contribution in [0, 0.1) is 17.8 Å². The Balaban J connectivity index is 1.25. The molecule has 0 spiro atoms. The molecule has 1 aromatic carbocycles. The van der Waals surface area contributed by atoms with Crippen LogP contribution in [0.3, 0.4) is 0 Å². The lowest BCUT2D eigenvalue weighted by atomic mass is 9.94. The summed E-state index contributed by atoms with van der Waals surface area (Å²) in [6.07, 6.45) is 8.31. The van der Waals surface area contributed by atoms with Gasteiger partial charge in [0.05, 0.1) is 0 Å². The first-order valence-electron chi connectivity index (χ1n) is 8.15. The van der Waals surface area contributed by atoms with E-state index in [4.69, 9.17) is 4.42 Å². The number of hydrogen-bond acceptors (Lipinski definition) is 4. The van der Waals surface area contributed by atoms with Crippen molar-refractivity contribution in [1.82, 2.24) is 15.5 Å². The van der Waals surface area contributed by atoms with Gasteiger partial charge in [-0.3, -0.25) is 0 Å². The van der Waals surface area contributed by atoms with E-state index < -0.39 is 0 Å². The minimum absolute atomic E-state index is 0.605. The van der Waals surface area contributed by atoms with Crippen molar-refractivity contribution in [2.75, 3.05) is 13.1 Å². The standard InChI is InChI=1S/C18H21N3O/c1-2-4-14(5-3-1)18-21-20-17(22-18)8-9-19-12-16-11-13-6-7-15(16)10-13/h1-7,13,15-16,19H,8-12H2/t13-,15-,16+/m0/s1. The molecule has 0 amide bonds. The van der Waals surface area contributed by atoms with Crippen LogP contribution in [0.15, 0.2) is 46.9 Å². The van der Waals surface area contributed by atoms with Gasteiger partial charge in [-0.1, -0.05) is 30.4 Å². The van der Waals surface area contributed by atoms with Crippen molar-refractivity contribution >= 4 is 0 Å². The molecule has 1 N–H and O–H groups in total. The largest absolute Gasteiger partial charge is 0.421 e. The van der Waals surface area contributed by atoms with Crippen LogP contribution in [0.2, 0.25) is 0 Å². The number of hydrogen-bond donors (Lipinski definition) is 1. The summed E-state index contributed by atoms with van der Waals surface area (Å²) >= 11 is 0. The fourth-order valence-electron chi connectivity index (χ4n) is 3.66. The fraction of sp³-hybridized carbons (Fsp3) is 0.444. The SMILES string of the molecule is C1=C[C@H]2C[C@H]1C[C@@H]2CNCCc1nnc(-c2ccccc2)o1. The van der Waals surface area contributed by atoms with Crippen LogP contribution < -0.4 is 5.32 Å². The number of rotatable bonds is 6. The maximum Gasteiger partial charge on any atom is 0.247 e. The average molecular weight is 295 g/mol. The molecule has 0 radical (unpaired) electrons. The first-order chi connectivity index (χ1) is 10.9. The van der Waals surface area contributed by atoms with Gasteiger partial charge in [-0.25, -0.2) is 0 Å². The summed E-state index contributed by atoms with van der Waals surface area (Å²) < 4.78 is 5.72. The number of nitrogens with one attached hydrogen (secondary N) is 1. The molecule has 1 saturated carbocycles. The Morgan fingerprint density at radius 3 is 2.77 bits per heavy atom. The van der Waals surface area contributed by atoms with Crippen LogP contribution in [-0.2, 0) is 6.42 Å². The molecule has 2 aromatic rings. The average Bonchev–Trinajstić information content (AvgIpc) is 3.29. The van der Waals surface area contributed by atoms with Gasteiger partial charge in [-0.05, 0) is 49.3 Å². The molecule has 2 aliphatic rings. The van der Waals surface area contributed by atoms with Crippen molar-refractivity contribution in [2.45, 2.75) is 19.3 Å². The predicted octanol–water partition coefficient (Wildman–Crippen LogP) is 3.08. The van der Waals surface area contributed by atoms with Crippen LogP contribution in [0.4, 0.5) is 0 Å². The van der Waals surface area contributed by atoms with E-state index in [2.05, 4.69) is 27.7 Å². The van der Waals surface area contributed by atoms with Crippen molar-refractivity contribution in [1.29, 1.82) is 0 Å². The van der Waals surface area contributed by atoms with Crippen molar-refractivity contribution in [3.8, 4) is 11.5 Å². The van der Waals surface area contributed by atoms with Crippen LogP contribution in [0.25, 0.3) is 11.5 Å². The zero-order valence-electron chi connectivity index (χ0n) is 12.6. The second kappa shape index (κ2) is 6.05. The molecule has 4 rings (SSSR count). The Morgan fingerprint density at radius 2 is 2.00 bits per heavy atom. The summed E-state index contributed by atoms with van der Waals surface area (Å²) in [5.41, 5.74) is 0.975. The van der Waals surface area contributed by atoms with Crippen molar-refractivity contribution in [3.63, 3.8) is 0 Å². The van der Waals surface area contributed by atoms with E-state index in [9.17, 15) is 0 Å². The quantitative estimate of drug-likeness (QED) is 0.657. The predicted molar refractivity (Wildman–Crippen MR) is 85.2 cm³/mol. The molecule has 22 heavy (non-hydrogen) atoms. The van der Waals surface area contributed by atoms with Gasteiger partial charge >= 0.3 is 0 Å². The zero-order valence-corrected chi connectivity index (χ0v) is 12.6. The van der Waals surface area contributed by atoms with Gasteiger partial charge in [0.2, 0.25) is 11.8 Å². The topological polar surface area (TPSA) is 51.0 Å². The number of aromatic nitrogens is 2.